The lowest BCUT2D eigenvalue weighted by molar-refractivity contribution is -0.143. The molecule has 1 aromatic carbocycles. The van der Waals surface area contributed by atoms with Crippen LogP contribution in [0.5, 0.6) is 5.88 Å². The summed E-state index contributed by atoms with van der Waals surface area (Å²) in [6.45, 7) is 9.39. The summed E-state index contributed by atoms with van der Waals surface area (Å²) in [6, 6.07) is 2.55. The van der Waals surface area contributed by atoms with Gasteiger partial charge in [0.15, 0.2) is 0 Å². The van der Waals surface area contributed by atoms with E-state index in [0.717, 1.165) is 25.7 Å². The fourth-order valence-electron chi connectivity index (χ4n) is 8.93. The van der Waals surface area contributed by atoms with Crippen molar-refractivity contribution in [2.75, 3.05) is 6.54 Å². The first kappa shape index (κ1) is 42.3. The Hall–Kier alpha value is -3.86. The number of alkyl halides is 2. The Balaban J connectivity index is 1.24. The van der Waals surface area contributed by atoms with Crippen molar-refractivity contribution in [2.24, 2.45) is 29.1 Å². The molecular weight excluding hydrogens is 798 g/mol. The fourth-order valence-corrected chi connectivity index (χ4v) is 10.5. The van der Waals surface area contributed by atoms with Crippen LogP contribution in [-0.2, 0) is 35.6 Å². The molecule has 1 aromatic heterocycles. The first-order valence-electron chi connectivity index (χ1n) is 20.3. The van der Waals surface area contributed by atoms with Crippen LogP contribution < -0.4 is 20.1 Å². The first-order valence-corrected chi connectivity index (χ1v) is 22.3. The molecule has 3 saturated carbocycles. The van der Waals surface area contributed by atoms with Gasteiger partial charge in [-0.15, -0.1) is 0 Å². The molecule has 14 nitrogen and oxygen atoms in total. The highest BCUT2D eigenvalue weighted by Crippen LogP contribution is 2.49. The van der Waals surface area contributed by atoms with Gasteiger partial charge in [-0.1, -0.05) is 59.1 Å². The normalized spacial score (nSPS) is 32.3. The number of aromatic nitrogens is 2. The summed E-state index contributed by atoms with van der Waals surface area (Å²) < 4.78 is 68.3. The minimum atomic E-state index is -4.14. The topological polar surface area (TPSA) is 186 Å². The van der Waals surface area contributed by atoms with Crippen LogP contribution in [-0.4, -0.2) is 95.2 Å². The number of ether oxygens (including phenoxy) is 2. The predicted octanol–water partition coefficient (Wildman–Crippen LogP) is 5.30. The highest BCUT2D eigenvalue weighted by molar-refractivity contribution is 7.91. The van der Waals surface area contributed by atoms with E-state index < -0.39 is 87.0 Å². The number of halogens is 3. The lowest BCUT2D eigenvalue weighted by Crippen LogP contribution is -2.60. The van der Waals surface area contributed by atoms with Crippen LogP contribution in [0.4, 0.5) is 13.6 Å². The number of hydrogen-bond acceptors (Lipinski definition) is 10. The number of benzene rings is 1. The zero-order valence-corrected chi connectivity index (χ0v) is 35.0. The van der Waals surface area contributed by atoms with Gasteiger partial charge in [0.1, 0.15) is 35.5 Å². The van der Waals surface area contributed by atoms with Crippen LogP contribution in [0.25, 0.3) is 11.0 Å². The van der Waals surface area contributed by atoms with E-state index in [4.69, 9.17) is 31.0 Å². The van der Waals surface area contributed by atoms with Gasteiger partial charge in [-0.3, -0.25) is 19.1 Å². The maximum atomic E-state index is 14.7. The smallest absolute Gasteiger partial charge is 0.408 e. The third kappa shape index (κ3) is 8.71. The number of fused-ring (bicyclic) bond motifs is 5. The Morgan fingerprint density at radius 1 is 1.03 bits per heavy atom. The van der Waals surface area contributed by atoms with E-state index >= 15 is 0 Å². The van der Waals surface area contributed by atoms with Gasteiger partial charge in [-0.25, -0.2) is 32.0 Å². The highest BCUT2D eigenvalue weighted by Gasteiger charge is 2.67. The van der Waals surface area contributed by atoms with Crippen LogP contribution >= 0.6 is 11.6 Å². The molecule has 3 N–H and O–H groups in total. The van der Waals surface area contributed by atoms with Crippen LogP contribution in [0.2, 0.25) is 5.02 Å². The monoisotopic (exact) mass is 850 g/mol. The minimum Gasteiger partial charge on any atom is -0.471 e. The maximum Gasteiger partial charge on any atom is 0.408 e. The molecule has 3 heterocycles. The van der Waals surface area contributed by atoms with Gasteiger partial charge in [0.2, 0.25) is 34.1 Å². The molecule has 1 saturated heterocycles. The molecule has 2 aromatic rings. The number of carbonyl (C=O) groups excluding carboxylic acids is 4. The largest absolute Gasteiger partial charge is 0.471 e. The minimum absolute atomic E-state index is 0.114. The molecule has 0 spiro atoms. The van der Waals surface area contributed by atoms with Gasteiger partial charge < -0.3 is 25.0 Å². The van der Waals surface area contributed by atoms with E-state index in [1.807, 2.05) is 4.72 Å². The molecule has 318 valence electrons. The predicted molar refractivity (Wildman–Crippen MR) is 209 cm³/mol. The number of carbonyl (C=O) groups is 4. The van der Waals surface area contributed by atoms with Crippen LogP contribution in [0.3, 0.4) is 0 Å². The van der Waals surface area contributed by atoms with Crippen molar-refractivity contribution in [1.29, 1.82) is 0 Å². The molecule has 5 aliphatic rings. The maximum absolute atomic E-state index is 14.7. The third-order valence-electron chi connectivity index (χ3n) is 12.8. The summed E-state index contributed by atoms with van der Waals surface area (Å²) in [4.78, 5) is 67.1. The lowest BCUT2D eigenvalue weighted by Gasteiger charge is -2.35. The summed E-state index contributed by atoms with van der Waals surface area (Å²) >= 11 is 6.30. The van der Waals surface area contributed by atoms with E-state index in [0.29, 0.717) is 59.3 Å². The highest BCUT2D eigenvalue weighted by atomic mass is 35.5. The number of rotatable bonds is 6. The Morgan fingerprint density at radius 2 is 1.78 bits per heavy atom. The zero-order chi connectivity index (χ0) is 41.9. The molecule has 7 rings (SSSR count). The molecule has 18 heteroatoms. The Morgan fingerprint density at radius 3 is 2.45 bits per heavy atom. The number of amides is 4. The molecule has 0 radical (unpaired) electrons. The zero-order valence-electron chi connectivity index (χ0n) is 33.4. The van der Waals surface area contributed by atoms with E-state index in [2.05, 4.69) is 24.5 Å². The van der Waals surface area contributed by atoms with Gasteiger partial charge in [0.25, 0.3) is 5.91 Å². The molecule has 58 heavy (non-hydrogen) atoms. The summed E-state index contributed by atoms with van der Waals surface area (Å²) in [7, 11) is -4.14. The molecule has 2 aliphatic heterocycles. The molecule has 0 unspecified atom stereocenters. The standard InChI is InChI=1S/C40H53ClF2N6O8S/c1-20-15-31-25(21(20)2)9-7-6-8-10-28-35(45-29-16-22(41)11-14-27(29)44-28)56-23-17-30(49(19-23)36(51)32(39(3,4)5)46-38(53)57-31)34(50)47-40(18-26(40)33(42)43)37(52)48-58(54,55)24-12-13-24/h11,14,16,20-21,23-26,30-33H,6-10,12-13,15,17-19H2,1-5H3,(H,46,53)(H,47,50)(H,48,52)/t20-,21-,23+,25+,26-,30-,31+,32+,40+/m0/s1. The molecule has 4 fully saturated rings. The second kappa shape index (κ2) is 16.0. The fraction of sp³-hybridized carbons (Fsp3) is 0.700. The second-order valence-electron chi connectivity index (χ2n) is 18.1. The summed E-state index contributed by atoms with van der Waals surface area (Å²) in [5.41, 5.74) is -1.47. The number of nitrogens with zero attached hydrogens (tertiary/aromatic N) is 3. The SMILES string of the molecule is C[C@@H]1[C@H]2CCCCCc3nc4ccc(Cl)cc4nc3O[C@@H]3C[C@@H](C(=O)N[C@]4(C(=O)NS(=O)(=O)C5CC5)C[C@H]4C(F)F)N(C3)C(=O)[C@H](C(C)(C)C)NC(=O)O[C@@H]2C[C@@H]1C. The van der Waals surface area contributed by atoms with Crippen LogP contribution in [0, 0.1) is 29.1 Å². The summed E-state index contributed by atoms with van der Waals surface area (Å²) in [5, 5.41) is 4.86. The van der Waals surface area contributed by atoms with Crippen LogP contribution in [0.15, 0.2) is 18.2 Å². The molecule has 2 bridgehead atoms. The average molecular weight is 851 g/mol. The van der Waals surface area contributed by atoms with E-state index in [-0.39, 0.29) is 30.9 Å². The van der Waals surface area contributed by atoms with Crippen LogP contribution in [0.1, 0.15) is 98.1 Å². The molecule has 4 amide bonds. The number of aryl methyl sites for hydroxylation is 1. The van der Waals surface area contributed by atoms with Gasteiger partial charge in [0.05, 0.1) is 28.7 Å². The van der Waals surface area contributed by atoms with Crippen molar-refractivity contribution in [1.82, 2.24) is 30.2 Å². The van der Waals surface area contributed by atoms with Crippen molar-refractivity contribution < 1.29 is 45.9 Å². The number of alkyl carbamates (subject to hydrolysis) is 1. The Bertz CT molecular complexity index is 2070. The molecular formula is C40H53ClF2N6O8S. The summed E-state index contributed by atoms with van der Waals surface area (Å²) in [6.07, 6.45) is -0.482. The molecule has 9 atom stereocenters. The molecule has 3 aliphatic carbocycles. The first-order chi connectivity index (χ1) is 27.3. The average Bonchev–Trinajstić information content (AvgIpc) is 4.06. The number of nitrogens with one attached hydrogen (secondary N) is 3. The quantitative estimate of drug-likeness (QED) is 0.345. The summed E-state index contributed by atoms with van der Waals surface area (Å²) in [5.74, 6) is -3.58. The number of hydrogen-bond donors (Lipinski definition) is 3. The van der Waals surface area contributed by atoms with Gasteiger partial charge in [-0.2, -0.15) is 0 Å². The third-order valence-corrected chi connectivity index (χ3v) is 14.9. The van der Waals surface area contributed by atoms with Gasteiger partial charge >= 0.3 is 6.09 Å². The van der Waals surface area contributed by atoms with Crippen molar-refractivity contribution in [3.8, 4) is 5.88 Å². The van der Waals surface area contributed by atoms with Crippen molar-refractivity contribution in [2.45, 2.75) is 140 Å². The van der Waals surface area contributed by atoms with Gasteiger partial charge in [0, 0.05) is 11.4 Å². The van der Waals surface area contributed by atoms with Gasteiger partial charge in [-0.05, 0) is 86.3 Å². The van der Waals surface area contributed by atoms with E-state index in [1.165, 1.54) is 4.90 Å². The Labute approximate surface area is 342 Å². The van der Waals surface area contributed by atoms with E-state index in [1.54, 1.807) is 39.0 Å². The van der Waals surface area contributed by atoms with Crippen molar-refractivity contribution in [3.05, 3.63) is 28.9 Å². The number of sulfonamides is 1. The Kier molecular flexibility index (Phi) is 11.6. The van der Waals surface area contributed by atoms with Crippen molar-refractivity contribution in [3.63, 3.8) is 0 Å². The van der Waals surface area contributed by atoms with Crippen molar-refractivity contribution >= 4 is 56.5 Å². The van der Waals surface area contributed by atoms with E-state index in [9.17, 15) is 36.4 Å². The second-order valence-corrected chi connectivity index (χ2v) is 20.5. The lowest BCUT2D eigenvalue weighted by atomic mass is 9.85.